The monoisotopic (exact) mass is 653 g/mol. The van der Waals surface area contributed by atoms with Gasteiger partial charge in [-0.15, -0.1) is 0 Å². The summed E-state index contributed by atoms with van der Waals surface area (Å²) in [4.78, 5) is 49.1. The van der Waals surface area contributed by atoms with Crippen LogP contribution in [0.1, 0.15) is 43.5 Å². The summed E-state index contributed by atoms with van der Waals surface area (Å²) >= 11 is 7.05. The maximum Gasteiger partial charge on any atom is 0.281 e. The summed E-state index contributed by atoms with van der Waals surface area (Å²) in [6.45, 7) is 13.4. The zero-order valence-electron chi connectivity index (χ0n) is 26.6. The molecule has 5 aromatic rings. The molecule has 5 heterocycles. The van der Waals surface area contributed by atoms with E-state index in [2.05, 4.69) is 27.1 Å². The Morgan fingerprint density at radius 2 is 1.87 bits per heavy atom. The first-order chi connectivity index (χ1) is 22.4. The van der Waals surface area contributed by atoms with Crippen LogP contribution in [0.25, 0.3) is 38.6 Å². The van der Waals surface area contributed by atoms with Crippen molar-refractivity contribution in [3.8, 4) is 16.8 Å². The van der Waals surface area contributed by atoms with Gasteiger partial charge in [-0.25, -0.2) is 4.39 Å². The van der Waals surface area contributed by atoms with E-state index in [0.717, 1.165) is 5.56 Å². The molecule has 0 aliphatic carbocycles. The predicted octanol–water partition coefficient (Wildman–Crippen LogP) is 6.01. The van der Waals surface area contributed by atoms with Gasteiger partial charge in [-0.1, -0.05) is 38.1 Å². The number of fused-ring (bicyclic) bond motifs is 6. The van der Waals surface area contributed by atoms with E-state index < -0.39 is 23.3 Å². The van der Waals surface area contributed by atoms with Gasteiger partial charge < -0.3 is 15.1 Å². The van der Waals surface area contributed by atoms with Crippen LogP contribution in [-0.4, -0.2) is 61.6 Å². The lowest BCUT2D eigenvalue weighted by Gasteiger charge is -2.48. The molecule has 1 saturated heterocycles. The molecule has 10 nitrogen and oxygen atoms in total. The highest BCUT2D eigenvalue weighted by atomic mass is 35.5. The molecule has 2 aliphatic rings. The molecule has 7 rings (SSSR count). The lowest BCUT2D eigenvalue weighted by Crippen LogP contribution is -2.64. The van der Waals surface area contributed by atoms with Gasteiger partial charge in [0.1, 0.15) is 11.7 Å². The lowest BCUT2D eigenvalue weighted by molar-refractivity contribution is -0.130. The highest BCUT2D eigenvalue weighted by Crippen LogP contribution is 2.46. The SMILES string of the molecule is C=CC(=O)N1CC2C(=O)Nc3c(c4cc(Cl)c(-c5c(C)ccc6[nH]ncc56)c(F)c4n(-c4c(C)ccnc4C(C)C)c3=O)N2CC1C. The molecular weight excluding hydrogens is 621 g/mol. The molecule has 2 amide bonds. The normalized spacial score (nSPS) is 17.7. The highest BCUT2D eigenvalue weighted by Gasteiger charge is 2.44. The number of aromatic amines is 1. The molecule has 0 radical (unpaired) electrons. The fraction of sp³-hybridized carbons (Fsp3) is 0.286. The summed E-state index contributed by atoms with van der Waals surface area (Å²) in [5, 5.41) is 11.1. The van der Waals surface area contributed by atoms with Gasteiger partial charge in [0.25, 0.3) is 5.56 Å². The number of amides is 2. The minimum Gasteiger partial charge on any atom is -0.354 e. The van der Waals surface area contributed by atoms with E-state index in [4.69, 9.17) is 11.6 Å². The molecule has 0 bridgehead atoms. The highest BCUT2D eigenvalue weighted by molar-refractivity contribution is 6.35. The molecule has 2 aliphatic heterocycles. The number of carbonyl (C=O) groups excluding carboxylic acids is 2. The third kappa shape index (κ3) is 4.47. The number of halogens is 2. The molecule has 3 aromatic heterocycles. The van der Waals surface area contributed by atoms with Crippen LogP contribution in [0.3, 0.4) is 0 Å². The number of aryl methyl sites for hydroxylation is 2. The number of hydrogen-bond donors (Lipinski definition) is 2. The zero-order chi connectivity index (χ0) is 33.5. The van der Waals surface area contributed by atoms with Crippen molar-refractivity contribution in [2.75, 3.05) is 23.3 Å². The quantitative estimate of drug-likeness (QED) is 0.230. The van der Waals surface area contributed by atoms with Crippen molar-refractivity contribution in [1.82, 2.24) is 24.6 Å². The van der Waals surface area contributed by atoms with Crippen LogP contribution in [0, 0.1) is 19.7 Å². The molecule has 47 heavy (non-hydrogen) atoms. The van der Waals surface area contributed by atoms with Crippen molar-refractivity contribution in [2.45, 2.75) is 52.6 Å². The number of benzene rings is 2. The van der Waals surface area contributed by atoms with Crippen LogP contribution >= 0.6 is 11.6 Å². The smallest absolute Gasteiger partial charge is 0.281 e. The van der Waals surface area contributed by atoms with Gasteiger partial charge in [0, 0.05) is 40.7 Å². The second-order valence-corrected chi connectivity index (χ2v) is 13.0. The van der Waals surface area contributed by atoms with E-state index in [1.807, 2.05) is 46.8 Å². The minimum absolute atomic E-state index is 0.0122. The van der Waals surface area contributed by atoms with E-state index >= 15 is 4.39 Å². The van der Waals surface area contributed by atoms with Gasteiger partial charge in [0.2, 0.25) is 11.8 Å². The van der Waals surface area contributed by atoms with Gasteiger partial charge in [-0.05, 0) is 62.1 Å². The summed E-state index contributed by atoms with van der Waals surface area (Å²) in [5.41, 5.74) is 3.72. The van der Waals surface area contributed by atoms with Crippen molar-refractivity contribution >= 4 is 56.6 Å². The summed E-state index contributed by atoms with van der Waals surface area (Å²) in [7, 11) is 0. The molecule has 0 saturated carbocycles. The summed E-state index contributed by atoms with van der Waals surface area (Å²) < 4.78 is 19.1. The molecule has 2 unspecified atom stereocenters. The van der Waals surface area contributed by atoms with Crippen molar-refractivity contribution in [3.63, 3.8) is 0 Å². The third-order valence-electron chi connectivity index (χ3n) is 9.37. The fourth-order valence-electron chi connectivity index (χ4n) is 7.13. The number of hydrogen-bond acceptors (Lipinski definition) is 6. The molecule has 12 heteroatoms. The van der Waals surface area contributed by atoms with Crippen LogP contribution in [0.2, 0.25) is 5.02 Å². The number of piperazine rings is 1. The second kappa shape index (κ2) is 11.0. The van der Waals surface area contributed by atoms with Crippen LogP contribution in [0.4, 0.5) is 15.8 Å². The summed E-state index contributed by atoms with van der Waals surface area (Å²) in [5.74, 6) is -1.54. The second-order valence-electron chi connectivity index (χ2n) is 12.6. The van der Waals surface area contributed by atoms with Crippen molar-refractivity contribution in [3.05, 3.63) is 87.3 Å². The van der Waals surface area contributed by atoms with Crippen LogP contribution in [0.5, 0.6) is 0 Å². The minimum atomic E-state index is -0.823. The van der Waals surface area contributed by atoms with Gasteiger partial charge in [-0.3, -0.25) is 29.0 Å². The maximum absolute atomic E-state index is 17.7. The van der Waals surface area contributed by atoms with Crippen LogP contribution in [0.15, 0.2) is 54.1 Å². The lowest BCUT2D eigenvalue weighted by atomic mass is 9.93. The fourth-order valence-corrected chi connectivity index (χ4v) is 7.42. The number of nitrogens with zero attached hydrogens (tertiary/aromatic N) is 5. The third-order valence-corrected chi connectivity index (χ3v) is 9.66. The Hall–Kier alpha value is -5.03. The maximum atomic E-state index is 17.7. The average molecular weight is 654 g/mol. The number of pyridine rings is 2. The van der Waals surface area contributed by atoms with Crippen molar-refractivity contribution in [1.29, 1.82) is 0 Å². The molecule has 0 spiro atoms. The molecule has 240 valence electrons. The van der Waals surface area contributed by atoms with E-state index in [0.29, 0.717) is 44.5 Å². The first-order valence-electron chi connectivity index (χ1n) is 15.4. The molecule has 2 N–H and O–H groups in total. The number of nitrogens with one attached hydrogen (secondary N) is 2. The molecule has 2 atom stereocenters. The molecular formula is C35H33ClFN7O3. The van der Waals surface area contributed by atoms with Crippen molar-refractivity contribution < 1.29 is 14.0 Å². The number of carbonyl (C=O) groups is 2. The topological polar surface area (TPSA) is 116 Å². The number of H-pyrrole nitrogens is 1. The van der Waals surface area contributed by atoms with E-state index in [-0.39, 0.29) is 52.7 Å². The first-order valence-corrected chi connectivity index (χ1v) is 15.8. The summed E-state index contributed by atoms with van der Waals surface area (Å²) in [6.07, 6.45) is 4.52. The largest absolute Gasteiger partial charge is 0.354 e. The van der Waals surface area contributed by atoms with E-state index in [1.54, 1.807) is 34.3 Å². The Morgan fingerprint density at radius 3 is 2.60 bits per heavy atom. The van der Waals surface area contributed by atoms with Crippen molar-refractivity contribution in [2.24, 2.45) is 0 Å². The molecule has 1 fully saturated rings. The first kappa shape index (κ1) is 30.6. The summed E-state index contributed by atoms with van der Waals surface area (Å²) in [6, 6.07) is 6.02. The Balaban J connectivity index is 1.63. The standard InChI is InChI=1S/C35H33ClFN7O3/c1-7-25(45)42-15-24-34(46)40-30-33(43(24)14-19(42)6)20-12-22(36)27(26-17(4)8-9-23-21(26)13-39-41-23)28(37)32(20)44(35(30)47)31-18(5)10-11-38-29(31)16(2)3/h7-13,16,19,24H,1,14-15H2,2-6H3,(H,39,41)(H,40,46). The van der Waals surface area contributed by atoms with Crippen LogP contribution in [-0.2, 0) is 9.59 Å². The number of aromatic nitrogens is 4. The molecule has 2 aromatic carbocycles. The van der Waals surface area contributed by atoms with Crippen LogP contribution < -0.4 is 15.8 Å². The zero-order valence-corrected chi connectivity index (χ0v) is 27.4. The van der Waals surface area contributed by atoms with Gasteiger partial charge in [0.15, 0.2) is 5.82 Å². The van der Waals surface area contributed by atoms with Gasteiger partial charge >= 0.3 is 0 Å². The Bertz CT molecular complexity index is 2240. The number of rotatable bonds is 4. The van der Waals surface area contributed by atoms with Gasteiger partial charge in [0.05, 0.1) is 45.9 Å². The van der Waals surface area contributed by atoms with E-state index in [9.17, 15) is 14.4 Å². The number of anilines is 2. The predicted molar refractivity (Wildman–Crippen MR) is 182 cm³/mol. The van der Waals surface area contributed by atoms with E-state index in [1.165, 1.54) is 10.6 Å². The Kier molecular flexibility index (Phi) is 7.20. The average Bonchev–Trinajstić information content (AvgIpc) is 3.51. The Labute approximate surface area is 274 Å². The Morgan fingerprint density at radius 1 is 1.11 bits per heavy atom. The van der Waals surface area contributed by atoms with Gasteiger partial charge in [-0.2, -0.15) is 5.10 Å².